The van der Waals surface area contributed by atoms with Gasteiger partial charge in [0.05, 0.1) is 0 Å². The number of rotatable bonds is 5. The van der Waals surface area contributed by atoms with Gasteiger partial charge in [-0.05, 0) is 35.0 Å². The predicted molar refractivity (Wildman–Crippen MR) is 75.6 cm³/mol. The molecule has 0 bridgehead atoms. The van der Waals surface area contributed by atoms with Crippen LogP contribution >= 0.6 is 0 Å². The van der Waals surface area contributed by atoms with Crippen molar-refractivity contribution in [2.75, 3.05) is 0 Å². The fraction of sp³-hybridized carbons (Fsp3) is 1.00. The van der Waals surface area contributed by atoms with Gasteiger partial charge in [0.2, 0.25) is 0 Å². The quantitative estimate of drug-likeness (QED) is 0.558. The molecule has 16 heavy (non-hydrogen) atoms. The van der Waals surface area contributed by atoms with Crippen molar-refractivity contribution >= 4 is 0 Å². The van der Waals surface area contributed by atoms with E-state index in [9.17, 15) is 0 Å². The molecule has 98 valence electrons. The molecule has 0 rings (SSSR count). The van der Waals surface area contributed by atoms with Crippen LogP contribution in [0, 0.1) is 28.6 Å². The maximum Gasteiger partial charge on any atom is -0.0303 e. The van der Waals surface area contributed by atoms with E-state index in [2.05, 4.69) is 62.3 Å². The maximum atomic E-state index is 2.45. The molecule has 0 radical (unpaired) electrons. The largest absolute Gasteiger partial charge is 0.0651 e. The van der Waals surface area contributed by atoms with E-state index in [-0.39, 0.29) is 0 Å². The van der Waals surface area contributed by atoms with Gasteiger partial charge in [0.1, 0.15) is 0 Å². The minimum Gasteiger partial charge on any atom is -0.0651 e. The summed E-state index contributed by atoms with van der Waals surface area (Å²) in [7, 11) is 0. The van der Waals surface area contributed by atoms with Crippen molar-refractivity contribution in [3.63, 3.8) is 0 Å². The summed E-state index contributed by atoms with van der Waals surface area (Å²) < 4.78 is 0. The van der Waals surface area contributed by atoms with E-state index in [1.165, 1.54) is 12.8 Å². The Hall–Kier alpha value is 0. The molecule has 0 aromatic carbocycles. The average molecular weight is 226 g/mol. The zero-order valence-electron chi connectivity index (χ0n) is 13.1. The van der Waals surface area contributed by atoms with Crippen molar-refractivity contribution in [3.8, 4) is 0 Å². The molecule has 0 aromatic heterocycles. The molecule has 3 unspecified atom stereocenters. The Morgan fingerprint density at radius 1 is 0.750 bits per heavy atom. The molecule has 0 heterocycles. The zero-order chi connectivity index (χ0) is 13.1. The third kappa shape index (κ3) is 4.11. The third-order valence-corrected chi connectivity index (χ3v) is 5.34. The lowest BCUT2D eigenvalue weighted by Crippen LogP contribution is -2.32. The minimum absolute atomic E-state index is 0.444. The normalized spacial score (nSPS) is 19.3. The first-order valence-electron chi connectivity index (χ1n) is 7.03. The molecule has 0 N–H and O–H groups in total. The summed E-state index contributed by atoms with van der Waals surface area (Å²) in [6.45, 7) is 21.5. The molecule has 0 heteroatoms. The summed E-state index contributed by atoms with van der Waals surface area (Å²) in [5, 5.41) is 0. The number of hydrogen-bond acceptors (Lipinski definition) is 0. The van der Waals surface area contributed by atoms with Gasteiger partial charge in [0.25, 0.3) is 0 Å². The SMILES string of the molecule is CCC(C)C(C)(C)C(C)CC(C)C(C)(C)C. The van der Waals surface area contributed by atoms with Crippen LogP contribution in [-0.4, -0.2) is 0 Å². The highest BCUT2D eigenvalue weighted by Gasteiger charge is 2.33. The van der Waals surface area contributed by atoms with Crippen LogP contribution in [0.25, 0.3) is 0 Å². The lowest BCUT2D eigenvalue weighted by molar-refractivity contribution is 0.0917. The van der Waals surface area contributed by atoms with Gasteiger partial charge in [-0.2, -0.15) is 0 Å². The first-order valence-corrected chi connectivity index (χ1v) is 7.03. The van der Waals surface area contributed by atoms with Gasteiger partial charge < -0.3 is 0 Å². The van der Waals surface area contributed by atoms with Crippen molar-refractivity contribution in [3.05, 3.63) is 0 Å². The molecule has 0 saturated carbocycles. The Labute approximate surface area is 104 Å². The molecule has 0 saturated heterocycles. The first-order chi connectivity index (χ1) is 7.03. The van der Waals surface area contributed by atoms with Crippen LogP contribution in [0.15, 0.2) is 0 Å². The molecule has 0 spiro atoms. The highest BCUT2D eigenvalue weighted by molar-refractivity contribution is 4.83. The zero-order valence-corrected chi connectivity index (χ0v) is 13.1. The Balaban J connectivity index is 4.52. The van der Waals surface area contributed by atoms with Crippen molar-refractivity contribution < 1.29 is 0 Å². The van der Waals surface area contributed by atoms with Crippen molar-refractivity contribution in [1.29, 1.82) is 0 Å². The van der Waals surface area contributed by atoms with Gasteiger partial charge in [-0.25, -0.2) is 0 Å². The average Bonchev–Trinajstić information content (AvgIpc) is 2.14. The third-order valence-electron chi connectivity index (χ3n) is 5.34. The Bertz CT molecular complexity index is 195. The van der Waals surface area contributed by atoms with Crippen LogP contribution in [0.3, 0.4) is 0 Å². The van der Waals surface area contributed by atoms with E-state index in [4.69, 9.17) is 0 Å². The van der Waals surface area contributed by atoms with Crippen LogP contribution in [0.2, 0.25) is 0 Å². The molecule has 0 aromatic rings. The van der Waals surface area contributed by atoms with Crippen LogP contribution in [0.1, 0.15) is 75.2 Å². The standard InChI is InChI=1S/C16H34/c1-10-12(2)16(8,9)14(4)11-13(3)15(5,6)7/h12-14H,10-11H2,1-9H3. The summed E-state index contributed by atoms with van der Waals surface area (Å²) in [4.78, 5) is 0. The summed E-state index contributed by atoms with van der Waals surface area (Å²) in [5.74, 6) is 2.41. The van der Waals surface area contributed by atoms with Crippen LogP contribution in [-0.2, 0) is 0 Å². The summed E-state index contributed by atoms with van der Waals surface area (Å²) in [6, 6.07) is 0. The lowest BCUT2D eigenvalue weighted by atomic mass is 9.65. The van der Waals surface area contributed by atoms with Crippen molar-refractivity contribution in [1.82, 2.24) is 0 Å². The van der Waals surface area contributed by atoms with E-state index in [0.717, 1.165) is 17.8 Å². The van der Waals surface area contributed by atoms with Gasteiger partial charge in [-0.15, -0.1) is 0 Å². The van der Waals surface area contributed by atoms with E-state index in [0.29, 0.717) is 10.8 Å². The van der Waals surface area contributed by atoms with Crippen molar-refractivity contribution in [2.24, 2.45) is 28.6 Å². The molecule has 0 amide bonds. The summed E-state index contributed by atoms with van der Waals surface area (Å²) in [6.07, 6.45) is 2.64. The highest BCUT2D eigenvalue weighted by atomic mass is 14.4. The molecular weight excluding hydrogens is 192 g/mol. The Morgan fingerprint density at radius 3 is 1.50 bits per heavy atom. The Kier molecular flexibility index (Phi) is 5.56. The van der Waals surface area contributed by atoms with Gasteiger partial charge in [0, 0.05) is 0 Å². The molecule has 0 aliphatic carbocycles. The molecule has 3 atom stereocenters. The van der Waals surface area contributed by atoms with Crippen LogP contribution < -0.4 is 0 Å². The van der Waals surface area contributed by atoms with E-state index < -0.39 is 0 Å². The maximum absolute atomic E-state index is 2.45. The van der Waals surface area contributed by atoms with Crippen LogP contribution in [0.4, 0.5) is 0 Å². The fourth-order valence-corrected chi connectivity index (χ4v) is 2.20. The summed E-state index contributed by atoms with van der Waals surface area (Å²) in [5.41, 5.74) is 0.911. The smallest absolute Gasteiger partial charge is 0.0303 e. The molecule has 0 aliphatic rings. The van der Waals surface area contributed by atoms with Gasteiger partial charge in [0.15, 0.2) is 0 Å². The van der Waals surface area contributed by atoms with E-state index in [1.807, 2.05) is 0 Å². The minimum atomic E-state index is 0.444. The predicted octanol–water partition coefficient (Wildman–Crippen LogP) is 5.77. The second-order valence-corrected chi connectivity index (χ2v) is 7.53. The lowest BCUT2D eigenvalue weighted by Gasteiger charge is -2.41. The van der Waals surface area contributed by atoms with Gasteiger partial charge in [-0.1, -0.05) is 68.7 Å². The van der Waals surface area contributed by atoms with E-state index >= 15 is 0 Å². The number of hydrogen-bond donors (Lipinski definition) is 0. The second kappa shape index (κ2) is 5.56. The molecule has 0 fully saturated rings. The van der Waals surface area contributed by atoms with E-state index in [1.54, 1.807) is 0 Å². The topological polar surface area (TPSA) is 0 Å². The van der Waals surface area contributed by atoms with Crippen LogP contribution in [0.5, 0.6) is 0 Å². The molecule has 0 aliphatic heterocycles. The summed E-state index contributed by atoms with van der Waals surface area (Å²) >= 11 is 0. The second-order valence-electron chi connectivity index (χ2n) is 7.53. The molecule has 0 nitrogen and oxygen atoms in total. The highest BCUT2D eigenvalue weighted by Crippen LogP contribution is 2.42. The first kappa shape index (κ1) is 16.0. The Morgan fingerprint density at radius 2 is 1.19 bits per heavy atom. The van der Waals surface area contributed by atoms with Crippen molar-refractivity contribution in [2.45, 2.75) is 75.2 Å². The van der Waals surface area contributed by atoms with Gasteiger partial charge >= 0.3 is 0 Å². The monoisotopic (exact) mass is 226 g/mol. The fourth-order valence-electron chi connectivity index (χ4n) is 2.20. The molecular formula is C16H34. The van der Waals surface area contributed by atoms with Gasteiger partial charge in [-0.3, -0.25) is 0 Å².